The standard InChI is InChI=1S/C13H18N2O2/c1-15(12(17)13(9-14)6-7-13)8-10-4-2-3-5-11(10)16/h2-5,16H,6-9,14H2,1H3. The minimum Gasteiger partial charge on any atom is -0.508 e. The lowest BCUT2D eigenvalue weighted by Gasteiger charge is -2.22. The molecule has 0 aliphatic heterocycles. The number of amides is 1. The van der Waals surface area contributed by atoms with Crippen molar-refractivity contribution in [1.82, 2.24) is 4.90 Å². The Morgan fingerprint density at radius 3 is 2.65 bits per heavy atom. The number of phenols is 1. The van der Waals surface area contributed by atoms with E-state index in [9.17, 15) is 9.90 Å². The van der Waals surface area contributed by atoms with Gasteiger partial charge in [0.25, 0.3) is 0 Å². The fraction of sp³-hybridized carbons (Fsp3) is 0.462. The highest BCUT2D eigenvalue weighted by Crippen LogP contribution is 2.46. The maximum Gasteiger partial charge on any atom is 0.230 e. The van der Waals surface area contributed by atoms with Gasteiger partial charge < -0.3 is 15.7 Å². The minimum atomic E-state index is -0.320. The molecule has 1 aromatic carbocycles. The zero-order chi connectivity index (χ0) is 12.5. The van der Waals surface area contributed by atoms with Crippen LogP contribution in [0.5, 0.6) is 5.75 Å². The fourth-order valence-electron chi connectivity index (χ4n) is 2.03. The number of carbonyl (C=O) groups is 1. The lowest BCUT2D eigenvalue weighted by Crippen LogP contribution is -2.37. The average molecular weight is 234 g/mol. The molecule has 0 aromatic heterocycles. The minimum absolute atomic E-state index is 0.0863. The van der Waals surface area contributed by atoms with Crippen molar-refractivity contribution in [1.29, 1.82) is 0 Å². The van der Waals surface area contributed by atoms with Crippen molar-refractivity contribution in [3.63, 3.8) is 0 Å². The van der Waals surface area contributed by atoms with E-state index in [1.54, 1.807) is 24.1 Å². The number of nitrogens with two attached hydrogens (primary N) is 1. The molecule has 0 saturated heterocycles. The molecular weight excluding hydrogens is 216 g/mol. The molecule has 92 valence electrons. The van der Waals surface area contributed by atoms with Gasteiger partial charge in [-0.05, 0) is 18.9 Å². The van der Waals surface area contributed by atoms with Gasteiger partial charge in [0.05, 0.1) is 5.41 Å². The van der Waals surface area contributed by atoms with Crippen LogP contribution in [0.3, 0.4) is 0 Å². The highest BCUT2D eigenvalue weighted by atomic mass is 16.3. The Balaban J connectivity index is 2.05. The summed E-state index contributed by atoms with van der Waals surface area (Å²) in [6.45, 7) is 0.838. The van der Waals surface area contributed by atoms with E-state index in [1.807, 2.05) is 12.1 Å². The maximum absolute atomic E-state index is 12.1. The second-order valence-electron chi connectivity index (χ2n) is 4.77. The third kappa shape index (κ3) is 2.26. The van der Waals surface area contributed by atoms with Crippen LogP contribution in [-0.4, -0.2) is 29.5 Å². The van der Waals surface area contributed by atoms with Crippen LogP contribution in [-0.2, 0) is 11.3 Å². The quantitative estimate of drug-likeness (QED) is 0.819. The Labute approximate surface area is 101 Å². The smallest absolute Gasteiger partial charge is 0.230 e. The van der Waals surface area contributed by atoms with Crippen molar-refractivity contribution in [3.05, 3.63) is 29.8 Å². The fourth-order valence-corrected chi connectivity index (χ4v) is 2.03. The topological polar surface area (TPSA) is 66.6 Å². The number of carbonyl (C=O) groups excluding carboxylic acids is 1. The van der Waals surface area contributed by atoms with Gasteiger partial charge in [-0.25, -0.2) is 0 Å². The summed E-state index contributed by atoms with van der Waals surface area (Å²) in [5, 5.41) is 9.65. The predicted molar refractivity (Wildman–Crippen MR) is 65.3 cm³/mol. The molecule has 0 heterocycles. The summed E-state index contributed by atoms with van der Waals surface area (Å²) in [6.07, 6.45) is 1.76. The van der Waals surface area contributed by atoms with Gasteiger partial charge in [-0.2, -0.15) is 0 Å². The summed E-state index contributed by atoms with van der Waals surface area (Å²) >= 11 is 0. The molecule has 0 radical (unpaired) electrons. The van der Waals surface area contributed by atoms with Gasteiger partial charge in [0, 0.05) is 25.7 Å². The van der Waals surface area contributed by atoms with Gasteiger partial charge in [0.1, 0.15) is 5.75 Å². The first-order valence-electron chi connectivity index (χ1n) is 5.81. The van der Waals surface area contributed by atoms with Gasteiger partial charge in [-0.15, -0.1) is 0 Å². The van der Waals surface area contributed by atoms with Crippen LogP contribution in [0.2, 0.25) is 0 Å². The van der Waals surface area contributed by atoms with Crippen molar-refractivity contribution >= 4 is 5.91 Å². The Bertz CT molecular complexity index is 427. The number of aromatic hydroxyl groups is 1. The zero-order valence-electron chi connectivity index (χ0n) is 10.0. The zero-order valence-corrected chi connectivity index (χ0v) is 10.0. The van der Waals surface area contributed by atoms with Gasteiger partial charge in [-0.3, -0.25) is 4.79 Å². The van der Waals surface area contributed by atoms with Crippen LogP contribution >= 0.6 is 0 Å². The summed E-state index contributed by atoms with van der Waals surface area (Å²) in [5.74, 6) is 0.313. The van der Waals surface area contributed by atoms with Crippen molar-refractivity contribution in [2.24, 2.45) is 11.1 Å². The first kappa shape index (κ1) is 11.9. The normalized spacial score (nSPS) is 16.6. The lowest BCUT2D eigenvalue weighted by molar-refractivity contribution is -0.135. The monoisotopic (exact) mass is 234 g/mol. The molecule has 4 nitrogen and oxygen atoms in total. The number of para-hydroxylation sites is 1. The van der Waals surface area contributed by atoms with Crippen LogP contribution in [0.4, 0.5) is 0 Å². The van der Waals surface area contributed by atoms with Crippen molar-refractivity contribution in [3.8, 4) is 5.75 Å². The third-order valence-electron chi connectivity index (χ3n) is 3.44. The second kappa shape index (κ2) is 4.37. The largest absolute Gasteiger partial charge is 0.508 e. The lowest BCUT2D eigenvalue weighted by atomic mass is 10.1. The molecule has 2 rings (SSSR count). The van der Waals surface area contributed by atoms with Crippen molar-refractivity contribution in [2.45, 2.75) is 19.4 Å². The van der Waals surface area contributed by atoms with E-state index in [-0.39, 0.29) is 17.1 Å². The van der Waals surface area contributed by atoms with Crippen LogP contribution in [0.15, 0.2) is 24.3 Å². The molecule has 1 amide bonds. The molecule has 17 heavy (non-hydrogen) atoms. The van der Waals surface area contributed by atoms with E-state index in [2.05, 4.69) is 0 Å². The molecule has 1 aliphatic carbocycles. The number of benzene rings is 1. The molecule has 1 aromatic rings. The average Bonchev–Trinajstić information content (AvgIpc) is 3.12. The molecule has 4 heteroatoms. The molecular formula is C13H18N2O2. The third-order valence-corrected chi connectivity index (χ3v) is 3.44. The predicted octanol–water partition coefficient (Wildman–Crippen LogP) is 1.09. The van der Waals surface area contributed by atoms with Gasteiger partial charge in [-0.1, -0.05) is 18.2 Å². The molecule has 1 fully saturated rings. The van der Waals surface area contributed by atoms with E-state index in [0.717, 1.165) is 18.4 Å². The van der Waals surface area contributed by atoms with E-state index < -0.39 is 0 Å². The molecule has 0 spiro atoms. The molecule has 0 atom stereocenters. The van der Waals surface area contributed by atoms with Crippen molar-refractivity contribution < 1.29 is 9.90 Å². The summed E-state index contributed by atoms with van der Waals surface area (Å²) in [4.78, 5) is 13.8. The Kier molecular flexibility index (Phi) is 3.07. The summed E-state index contributed by atoms with van der Waals surface area (Å²) in [7, 11) is 1.75. The number of hydrogen-bond acceptors (Lipinski definition) is 3. The van der Waals surface area contributed by atoms with Gasteiger partial charge in [0.15, 0.2) is 0 Å². The molecule has 1 saturated carbocycles. The molecule has 3 N–H and O–H groups in total. The van der Waals surface area contributed by atoms with E-state index >= 15 is 0 Å². The van der Waals surface area contributed by atoms with E-state index in [0.29, 0.717) is 13.1 Å². The molecule has 0 bridgehead atoms. The second-order valence-corrected chi connectivity index (χ2v) is 4.77. The van der Waals surface area contributed by atoms with E-state index in [1.165, 1.54) is 0 Å². The summed E-state index contributed by atoms with van der Waals surface area (Å²) in [6, 6.07) is 7.07. The highest BCUT2D eigenvalue weighted by molar-refractivity contribution is 5.85. The Morgan fingerprint density at radius 2 is 2.12 bits per heavy atom. The van der Waals surface area contributed by atoms with Crippen LogP contribution in [0, 0.1) is 5.41 Å². The van der Waals surface area contributed by atoms with Crippen LogP contribution < -0.4 is 5.73 Å². The summed E-state index contributed by atoms with van der Waals surface area (Å²) < 4.78 is 0. The first-order valence-corrected chi connectivity index (χ1v) is 5.81. The Morgan fingerprint density at radius 1 is 1.47 bits per heavy atom. The van der Waals surface area contributed by atoms with Gasteiger partial charge in [0.2, 0.25) is 5.91 Å². The van der Waals surface area contributed by atoms with Crippen LogP contribution in [0.25, 0.3) is 0 Å². The number of rotatable bonds is 4. The highest BCUT2D eigenvalue weighted by Gasteiger charge is 2.49. The first-order chi connectivity index (χ1) is 8.09. The number of hydrogen-bond donors (Lipinski definition) is 2. The maximum atomic E-state index is 12.1. The Hall–Kier alpha value is -1.55. The SMILES string of the molecule is CN(Cc1ccccc1O)C(=O)C1(CN)CC1. The van der Waals surface area contributed by atoms with Crippen molar-refractivity contribution in [2.75, 3.05) is 13.6 Å². The van der Waals surface area contributed by atoms with E-state index in [4.69, 9.17) is 5.73 Å². The summed E-state index contributed by atoms with van der Waals surface area (Å²) in [5.41, 5.74) is 6.07. The number of phenolic OH excluding ortho intramolecular Hbond substituents is 1. The molecule has 1 aliphatic rings. The molecule has 0 unspecified atom stereocenters. The number of nitrogens with zero attached hydrogens (tertiary/aromatic N) is 1. The van der Waals surface area contributed by atoms with Gasteiger partial charge >= 0.3 is 0 Å². The van der Waals surface area contributed by atoms with Crippen LogP contribution in [0.1, 0.15) is 18.4 Å².